The van der Waals surface area contributed by atoms with Crippen LogP contribution in [0.15, 0.2) is 41.3 Å². The molecule has 0 saturated heterocycles. The molecule has 0 fully saturated rings. The number of anilines is 2. The summed E-state index contributed by atoms with van der Waals surface area (Å²) >= 11 is 1.01. The van der Waals surface area contributed by atoms with E-state index in [0.29, 0.717) is 10.6 Å². The van der Waals surface area contributed by atoms with E-state index in [1.165, 1.54) is 12.1 Å². The van der Waals surface area contributed by atoms with Crippen LogP contribution in [0, 0.1) is 34.6 Å². The number of aryl methyl sites for hydroxylation is 5. The van der Waals surface area contributed by atoms with Crippen LogP contribution in [0.3, 0.4) is 0 Å². The Hall–Kier alpha value is -2.71. The second-order valence-corrected chi connectivity index (χ2v) is 9.76. The number of hydrogen-bond donors (Lipinski definition) is 2. The lowest BCUT2D eigenvalue weighted by molar-refractivity contribution is 0.102. The van der Waals surface area contributed by atoms with Crippen molar-refractivity contribution in [1.29, 1.82) is 0 Å². The Balaban J connectivity index is 1.83. The van der Waals surface area contributed by atoms with Crippen molar-refractivity contribution < 1.29 is 13.2 Å². The fourth-order valence-corrected chi connectivity index (χ4v) is 5.19. The number of sulfonamides is 1. The summed E-state index contributed by atoms with van der Waals surface area (Å²) in [7, 11) is -3.77. The third-order valence-corrected chi connectivity index (χ3v) is 7.03. The van der Waals surface area contributed by atoms with Crippen molar-refractivity contribution in [3.05, 3.63) is 69.2 Å². The number of rotatable bonds is 5. The van der Waals surface area contributed by atoms with Gasteiger partial charge in [0.1, 0.15) is 4.88 Å². The van der Waals surface area contributed by atoms with E-state index in [1.54, 1.807) is 19.1 Å². The summed E-state index contributed by atoms with van der Waals surface area (Å²) in [4.78, 5) is 17.5. The van der Waals surface area contributed by atoms with E-state index in [-0.39, 0.29) is 15.9 Å². The highest BCUT2D eigenvalue weighted by molar-refractivity contribution is 7.93. The predicted octanol–water partition coefficient (Wildman–Crippen LogP) is 4.74. The molecule has 0 bridgehead atoms. The van der Waals surface area contributed by atoms with E-state index >= 15 is 0 Å². The Bertz CT molecular complexity index is 1160. The minimum atomic E-state index is -3.77. The fraction of sp³-hybridized carbons (Fsp3) is 0.238. The second kappa shape index (κ2) is 7.96. The molecule has 0 radical (unpaired) electrons. The standard InChI is InChI=1S/C21H23N3O3S2/c1-12-6-8-17(9-7-12)29(26,27)24-21-22-16(5)19(28-21)20(25)23-18-14(3)10-13(2)11-15(18)4/h6-11H,1-5H3,(H,22,24)(H,23,25). The van der Waals surface area contributed by atoms with Gasteiger partial charge in [0.25, 0.3) is 15.9 Å². The first kappa shape index (κ1) is 21.0. The number of benzene rings is 2. The lowest BCUT2D eigenvalue weighted by atomic mass is 10.1. The van der Waals surface area contributed by atoms with Gasteiger partial charge in [-0.15, -0.1) is 0 Å². The summed E-state index contributed by atoms with van der Waals surface area (Å²) < 4.78 is 27.6. The largest absolute Gasteiger partial charge is 0.321 e. The van der Waals surface area contributed by atoms with Crippen LogP contribution in [0.25, 0.3) is 0 Å². The van der Waals surface area contributed by atoms with E-state index in [4.69, 9.17) is 0 Å². The maximum absolute atomic E-state index is 12.8. The van der Waals surface area contributed by atoms with Crippen LogP contribution in [-0.2, 0) is 10.0 Å². The van der Waals surface area contributed by atoms with E-state index in [0.717, 1.165) is 39.3 Å². The third-order valence-electron chi connectivity index (χ3n) is 4.47. The zero-order chi connectivity index (χ0) is 21.3. The molecule has 3 aromatic rings. The zero-order valence-corrected chi connectivity index (χ0v) is 18.6. The number of thiazole rings is 1. The van der Waals surface area contributed by atoms with Crippen molar-refractivity contribution in [2.45, 2.75) is 39.5 Å². The third kappa shape index (κ3) is 4.65. The Labute approximate surface area is 175 Å². The molecule has 6 nitrogen and oxygen atoms in total. The minimum Gasteiger partial charge on any atom is -0.321 e. The summed E-state index contributed by atoms with van der Waals surface area (Å²) in [5.74, 6) is -0.309. The molecular formula is C21H23N3O3S2. The molecule has 1 amide bonds. The summed E-state index contributed by atoms with van der Waals surface area (Å²) in [5.41, 5.74) is 5.26. The Morgan fingerprint density at radius 2 is 1.52 bits per heavy atom. The average Bonchev–Trinajstić information content (AvgIpc) is 2.98. The van der Waals surface area contributed by atoms with Gasteiger partial charge in [-0.2, -0.15) is 0 Å². The smallest absolute Gasteiger partial charge is 0.267 e. The van der Waals surface area contributed by atoms with Crippen molar-refractivity contribution in [1.82, 2.24) is 4.98 Å². The van der Waals surface area contributed by atoms with Crippen LogP contribution in [0.5, 0.6) is 0 Å². The molecule has 152 valence electrons. The molecule has 2 N–H and O–H groups in total. The molecule has 0 aliphatic carbocycles. The van der Waals surface area contributed by atoms with E-state index in [2.05, 4.69) is 15.0 Å². The fourth-order valence-electron chi connectivity index (χ4n) is 3.09. The number of hydrogen-bond acceptors (Lipinski definition) is 5. The van der Waals surface area contributed by atoms with E-state index in [9.17, 15) is 13.2 Å². The van der Waals surface area contributed by atoms with Crippen LogP contribution in [0.4, 0.5) is 10.8 Å². The highest BCUT2D eigenvalue weighted by Crippen LogP contribution is 2.28. The van der Waals surface area contributed by atoms with Crippen molar-refractivity contribution >= 4 is 38.1 Å². The number of amides is 1. The summed E-state index contributed by atoms with van der Waals surface area (Å²) in [6, 6.07) is 10.5. The van der Waals surface area contributed by atoms with Crippen molar-refractivity contribution in [2.24, 2.45) is 0 Å². The van der Waals surface area contributed by atoms with Gasteiger partial charge >= 0.3 is 0 Å². The van der Waals surface area contributed by atoms with Gasteiger partial charge in [0.15, 0.2) is 5.13 Å². The van der Waals surface area contributed by atoms with Gasteiger partial charge in [-0.1, -0.05) is 46.7 Å². The van der Waals surface area contributed by atoms with Gasteiger partial charge in [-0.25, -0.2) is 13.4 Å². The van der Waals surface area contributed by atoms with Crippen LogP contribution in [0.2, 0.25) is 0 Å². The first-order valence-electron chi connectivity index (χ1n) is 9.03. The molecule has 1 heterocycles. The maximum atomic E-state index is 12.8. The lowest BCUT2D eigenvalue weighted by Gasteiger charge is -2.12. The van der Waals surface area contributed by atoms with Crippen LogP contribution >= 0.6 is 11.3 Å². The number of nitrogens with one attached hydrogen (secondary N) is 2. The first-order valence-corrected chi connectivity index (χ1v) is 11.3. The van der Waals surface area contributed by atoms with Gasteiger partial charge in [0.2, 0.25) is 0 Å². The monoisotopic (exact) mass is 429 g/mol. The van der Waals surface area contributed by atoms with Gasteiger partial charge in [0, 0.05) is 5.69 Å². The number of carbonyl (C=O) groups excluding carboxylic acids is 1. The molecule has 0 saturated carbocycles. The molecule has 29 heavy (non-hydrogen) atoms. The van der Waals surface area contributed by atoms with E-state index < -0.39 is 10.0 Å². The minimum absolute atomic E-state index is 0.146. The van der Waals surface area contributed by atoms with Crippen molar-refractivity contribution in [3.63, 3.8) is 0 Å². The van der Waals surface area contributed by atoms with Gasteiger partial charge in [-0.3, -0.25) is 9.52 Å². The highest BCUT2D eigenvalue weighted by atomic mass is 32.2. The first-order chi connectivity index (χ1) is 13.6. The molecular weight excluding hydrogens is 406 g/mol. The molecule has 3 rings (SSSR count). The topological polar surface area (TPSA) is 88.2 Å². The summed E-state index contributed by atoms with van der Waals surface area (Å²) in [5, 5.41) is 3.09. The van der Waals surface area contributed by atoms with Crippen LogP contribution in [-0.4, -0.2) is 19.3 Å². The summed E-state index contributed by atoms with van der Waals surface area (Å²) in [6.45, 7) is 9.46. The normalized spacial score (nSPS) is 11.3. The summed E-state index contributed by atoms with van der Waals surface area (Å²) in [6.07, 6.45) is 0. The zero-order valence-electron chi connectivity index (χ0n) is 17.0. The molecule has 0 atom stereocenters. The molecule has 2 aromatic carbocycles. The van der Waals surface area contributed by atoms with Gasteiger partial charge in [0.05, 0.1) is 10.6 Å². The number of aromatic nitrogens is 1. The average molecular weight is 430 g/mol. The van der Waals surface area contributed by atoms with Crippen molar-refractivity contribution in [3.8, 4) is 0 Å². The maximum Gasteiger partial charge on any atom is 0.267 e. The van der Waals surface area contributed by atoms with Gasteiger partial charge in [-0.05, 0) is 57.9 Å². The van der Waals surface area contributed by atoms with E-state index in [1.807, 2.05) is 39.8 Å². The molecule has 0 unspecified atom stereocenters. The predicted molar refractivity (Wildman–Crippen MR) is 117 cm³/mol. The highest BCUT2D eigenvalue weighted by Gasteiger charge is 2.21. The molecule has 0 spiro atoms. The van der Waals surface area contributed by atoms with Crippen molar-refractivity contribution in [2.75, 3.05) is 10.0 Å². The van der Waals surface area contributed by atoms with Crippen LogP contribution in [0.1, 0.15) is 37.6 Å². The quantitative estimate of drug-likeness (QED) is 0.613. The Kier molecular flexibility index (Phi) is 5.77. The molecule has 1 aromatic heterocycles. The lowest BCUT2D eigenvalue weighted by Crippen LogP contribution is -2.13. The number of carbonyl (C=O) groups is 1. The Morgan fingerprint density at radius 3 is 2.10 bits per heavy atom. The SMILES string of the molecule is Cc1ccc(S(=O)(=O)Nc2nc(C)c(C(=O)Nc3c(C)cc(C)cc3C)s2)cc1. The molecule has 8 heteroatoms. The molecule has 0 aliphatic heterocycles. The Morgan fingerprint density at radius 1 is 0.931 bits per heavy atom. The van der Waals surface area contributed by atoms with Gasteiger partial charge < -0.3 is 5.32 Å². The number of nitrogens with zero attached hydrogens (tertiary/aromatic N) is 1. The second-order valence-electron chi connectivity index (χ2n) is 7.08. The van der Waals surface area contributed by atoms with Crippen LogP contribution < -0.4 is 10.0 Å². The molecule has 0 aliphatic rings.